The number of halogens is 1. The van der Waals surface area contributed by atoms with Crippen molar-refractivity contribution in [1.82, 2.24) is 0 Å². The number of hydrogen-bond donors (Lipinski definition) is 1. The third kappa shape index (κ3) is 5.21. The lowest BCUT2D eigenvalue weighted by Crippen LogP contribution is -2.30. The highest BCUT2D eigenvalue weighted by Gasteiger charge is 2.21. The van der Waals surface area contributed by atoms with E-state index in [0.29, 0.717) is 0 Å². The summed E-state index contributed by atoms with van der Waals surface area (Å²) in [5, 5.41) is 8.55. The molecule has 4 heteroatoms. The van der Waals surface area contributed by atoms with Gasteiger partial charge >= 0.3 is 5.97 Å². The Balaban J connectivity index is 3.88. The van der Waals surface area contributed by atoms with Crippen molar-refractivity contribution < 1.29 is 14.6 Å². The van der Waals surface area contributed by atoms with Gasteiger partial charge < -0.3 is 9.84 Å². The lowest BCUT2D eigenvalue weighted by molar-refractivity contribution is -0.154. The summed E-state index contributed by atoms with van der Waals surface area (Å²) in [4.78, 5) is 10.4. The monoisotopic (exact) mass is 224 g/mol. The van der Waals surface area contributed by atoms with Crippen LogP contribution in [-0.4, -0.2) is 28.1 Å². The Labute approximate surface area is 74.9 Å². The van der Waals surface area contributed by atoms with Gasteiger partial charge in [0.25, 0.3) is 0 Å². The molecule has 0 amide bonds. The fourth-order valence-corrected chi connectivity index (χ4v) is 0.534. The molecule has 0 fully saturated rings. The topological polar surface area (TPSA) is 46.5 Å². The first-order chi connectivity index (χ1) is 4.87. The fourth-order valence-electron chi connectivity index (χ4n) is 0.440. The molecule has 0 aromatic heterocycles. The second-order valence-corrected chi connectivity index (χ2v) is 4.29. The fraction of sp³-hybridized carbons (Fsp3) is 0.857. The second-order valence-electron chi connectivity index (χ2n) is 3.18. The highest BCUT2D eigenvalue weighted by molar-refractivity contribution is 9.10. The van der Waals surface area contributed by atoms with Crippen LogP contribution in [0.5, 0.6) is 0 Å². The minimum absolute atomic E-state index is 0.241. The van der Waals surface area contributed by atoms with Crippen LogP contribution in [0, 0.1) is 0 Å². The van der Waals surface area contributed by atoms with Crippen LogP contribution in [0.25, 0.3) is 0 Å². The molecule has 0 bridgehead atoms. The maximum absolute atomic E-state index is 11.0. The standard InChI is InChI=1S/C7H13BrO3/c1-7(2,3)11-6(10)5(8)4-9/h5,9H,4H2,1-3H3. The van der Waals surface area contributed by atoms with Crippen molar-refractivity contribution in [2.45, 2.75) is 31.2 Å². The second kappa shape index (κ2) is 4.07. The molecular weight excluding hydrogens is 212 g/mol. The van der Waals surface area contributed by atoms with E-state index in [1.165, 1.54) is 0 Å². The molecule has 0 aliphatic carbocycles. The van der Waals surface area contributed by atoms with Crippen molar-refractivity contribution in [2.24, 2.45) is 0 Å². The van der Waals surface area contributed by atoms with Gasteiger partial charge in [-0.05, 0) is 20.8 Å². The molecular formula is C7H13BrO3. The van der Waals surface area contributed by atoms with Gasteiger partial charge in [0.05, 0.1) is 6.61 Å². The molecule has 3 nitrogen and oxygen atoms in total. The summed E-state index contributed by atoms with van der Waals surface area (Å²) in [6, 6.07) is 0. The van der Waals surface area contributed by atoms with Gasteiger partial charge in [-0.25, -0.2) is 0 Å². The first-order valence-corrected chi connectivity index (χ1v) is 4.26. The quantitative estimate of drug-likeness (QED) is 0.565. The summed E-state index contributed by atoms with van der Waals surface area (Å²) < 4.78 is 4.94. The zero-order chi connectivity index (χ0) is 9.07. The van der Waals surface area contributed by atoms with E-state index in [9.17, 15) is 4.79 Å². The van der Waals surface area contributed by atoms with E-state index in [2.05, 4.69) is 15.9 Å². The maximum Gasteiger partial charge on any atom is 0.322 e. The minimum atomic E-state index is -0.610. The number of aliphatic hydroxyl groups excluding tert-OH is 1. The van der Waals surface area contributed by atoms with Crippen LogP contribution in [0.4, 0.5) is 0 Å². The normalized spacial score (nSPS) is 14.3. The molecule has 0 radical (unpaired) electrons. The molecule has 1 atom stereocenters. The van der Waals surface area contributed by atoms with Crippen molar-refractivity contribution >= 4 is 21.9 Å². The van der Waals surface area contributed by atoms with Crippen molar-refractivity contribution in [1.29, 1.82) is 0 Å². The Morgan fingerprint density at radius 1 is 1.64 bits per heavy atom. The van der Waals surface area contributed by atoms with Crippen molar-refractivity contribution in [3.63, 3.8) is 0 Å². The molecule has 0 rings (SSSR count). The Hall–Kier alpha value is -0.0900. The van der Waals surface area contributed by atoms with Gasteiger partial charge in [0.2, 0.25) is 0 Å². The highest BCUT2D eigenvalue weighted by atomic mass is 79.9. The smallest absolute Gasteiger partial charge is 0.322 e. The molecule has 0 aromatic rings. The van der Waals surface area contributed by atoms with Gasteiger partial charge in [0, 0.05) is 0 Å². The zero-order valence-corrected chi connectivity index (χ0v) is 8.51. The van der Waals surface area contributed by atoms with Gasteiger partial charge in [-0.15, -0.1) is 0 Å². The number of hydrogen-bond acceptors (Lipinski definition) is 3. The van der Waals surface area contributed by atoms with Crippen LogP contribution in [0.3, 0.4) is 0 Å². The molecule has 0 saturated heterocycles. The van der Waals surface area contributed by atoms with Crippen LogP contribution in [0.15, 0.2) is 0 Å². The Kier molecular flexibility index (Phi) is 4.03. The van der Waals surface area contributed by atoms with Gasteiger partial charge in [0.15, 0.2) is 0 Å². The number of aliphatic hydroxyl groups is 1. The summed E-state index contributed by atoms with van der Waals surface area (Å²) in [6.45, 7) is 5.10. The van der Waals surface area contributed by atoms with Crippen LogP contribution in [-0.2, 0) is 9.53 Å². The lowest BCUT2D eigenvalue weighted by atomic mass is 10.2. The van der Waals surface area contributed by atoms with Crippen LogP contribution >= 0.6 is 15.9 Å². The van der Waals surface area contributed by atoms with E-state index in [1.54, 1.807) is 20.8 Å². The number of ether oxygens (including phenoxy) is 1. The number of carbonyl (C=O) groups is 1. The van der Waals surface area contributed by atoms with E-state index in [0.717, 1.165) is 0 Å². The maximum atomic E-state index is 11.0. The molecule has 66 valence electrons. The van der Waals surface area contributed by atoms with Crippen LogP contribution < -0.4 is 0 Å². The summed E-state index contributed by atoms with van der Waals surface area (Å²) in [6.07, 6.45) is 0. The highest BCUT2D eigenvalue weighted by Crippen LogP contribution is 2.11. The zero-order valence-electron chi connectivity index (χ0n) is 6.93. The van der Waals surface area contributed by atoms with E-state index < -0.39 is 16.4 Å². The average Bonchev–Trinajstić information content (AvgIpc) is 1.82. The van der Waals surface area contributed by atoms with E-state index in [4.69, 9.17) is 9.84 Å². The van der Waals surface area contributed by atoms with Gasteiger partial charge in [-0.3, -0.25) is 4.79 Å². The molecule has 11 heavy (non-hydrogen) atoms. The van der Waals surface area contributed by atoms with E-state index >= 15 is 0 Å². The summed E-state index contributed by atoms with van der Waals surface area (Å²) in [7, 11) is 0. The predicted octanol–water partition coefficient (Wildman–Crippen LogP) is 1.08. The number of rotatable bonds is 2. The predicted molar refractivity (Wildman–Crippen MR) is 45.6 cm³/mol. The van der Waals surface area contributed by atoms with Gasteiger partial charge in [0.1, 0.15) is 10.4 Å². The molecule has 0 saturated carbocycles. The van der Waals surface area contributed by atoms with Crippen LogP contribution in [0.1, 0.15) is 20.8 Å². The number of esters is 1. The third-order valence-corrected chi connectivity index (χ3v) is 1.49. The molecule has 1 N–H and O–H groups in total. The van der Waals surface area contributed by atoms with E-state index in [1.807, 2.05) is 0 Å². The third-order valence-electron chi connectivity index (χ3n) is 0.823. The first kappa shape index (κ1) is 10.9. The van der Waals surface area contributed by atoms with Gasteiger partial charge in [-0.1, -0.05) is 15.9 Å². The Morgan fingerprint density at radius 2 is 2.09 bits per heavy atom. The molecule has 0 aromatic carbocycles. The first-order valence-electron chi connectivity index (χ1n) is 3.34. The molecule has 0 spiro atoms. The SMILES string of the molecule is CC(C)(C)OC(=O)C(Br)CO. The summed E-state index contributed by atoms with van der Waals surface area (Å²) >= 11 is 2.97. The lowest BCUT2D eigenvalue weighted by Gasteiger charge is -2.20. The van der Waals surface area contributed by atoms with Gasteiger partial charge in [-0.2, -0.15) is 0 Å². The van der Waals surface area contributed by atoms with Crippen LogP contribution in [0.2, 0.25) is 0 Å². The largest absolute Gasteiger partial charge is 0.459 e. The molecule has 0 aliphatic heterocycles. The minimum Gasteiger partial charge on any atom is -0.459 e. The number of carbonyl (C=O) groups excluding carboxylic acids is 1. The molecule has 0 aliphatic rings. The molecule has 1 unspecified atom stereocenters. The average molecular weight is 225 g/mol. The Morgan fingerprint density at radius 3 is 2.36 bits per heavy atom. The Bertz CT molecular complexity index is 139. The van der Waals surface area contributed by atoms with E-state index in [-0.39, 0.29) is 6.61 Å². The number of alkyl halides is 1. The van der Waals surface area contributed by atoms with Crippen molar-refractivity contribution in [3.8, 4) is 0 Å². The molecule has 0 heterocycles. The summed E-state index contributed by atoms with van der Waals surface area (Å²) in [5.74, 6) is -0.431. The summed E-state index contributed by atoms with van der Waals surface area (Å²) in [5.41, 5.74) is -0.488. The van der Waals surface area contributed by atoms with Crippen molar-refractivity contribution in [2.75, 3.05) is 6.61 Å². The van der Waals surface area contributed by atoms with Crippen molar-refractivity contribution in [3.05, 3.63) is 0 Å².